The highest BCUT2D eigenvalue weighted by Crippen LogP contribution is 2.34. The molecule has 0 bridgehead atoms. The van der Waals surface area contributed by atoms with Crippen LogP contribution in [-0.2, 0) is 15.5 Å². The molecule has 124 valence electrons. The van der Waals surface area contributed by atoms with Crippen molar-refractivity contribution < 1.29 is 12.6 Å². The minimum atomic E-state index is -3.96. The SMILES string of the molecule is CC(C)(C)c1cc(OS(=O)(=O)c2ccccn2)cc2ccccc12. The van der Waals surface area contributed by atoms with Crippen molar-refractivity contribution in [2.45, 2.75) is 31.2 Å². The van der Waals surface area contributed by atoms with Gasteiger partial charge in [0.25, 0.3) is 0 Å². The summed E-state index contributed by atoms with van der Waals surface area (Å²) >= 11 is 0. The van der Waals surface area contributed by atoms with Gasteiger partial charge >= 0.3 is 10.1 Å². The highest BCUT2D eigenvalue weighted by Gasteiger charge is 2.22. The van der Waals surface area contributed by atoms with Gasteiger partial charge in [0.15, 0.2) is 5.03 Å². The molecule has 2 aromatic carbocycles. The number of benzene rings is 2. The Kier molecular flexibility index (Phi) is 4.05. The van der Waals surface area contributed by atoms with Crippen LogP contribution in [0.3, 0.4) is 0 Å². The summed E-state index contributed by atoms with van der Waals surface area (Å²) in [4.78, 5) is 3.87. The monoisotopic (exact) mass is 341 g/mol. The second kappa shape index (κ2) is 5.91. The molecule has 0 radical (unpaired) electrons. The van der Waals surface area contributed by atoms with Gasteiger partial charge in [-0.15, -0.1) is 0 Å². The largest absolute Gasteiger partial charge is 0.378 e. The van der Waals surface area contributed by atoms with Gasteiger partial charge in [-0.25, -0.2) is 4.98 Å². The summed E-state index contributed by atoms with van der Waals surface area (Å²) in [6.45, 7) is 6.27. The average molecular weight is 341 g/mol. The minimum absolute atomic E-state index is 0.101. The van der Waals surface area contributed by atoms with Crippen molar-refractivity contribution in [3.8, 4) is 5.75 Å². The van der Waals surface area contributed by atoms with E-state index in [-0.39, 0.29) is 10.4 Å². The van der Waals surface area contributed by atoms with Gasteiger partial charge in [0.05, 0.1) is 0 Å². The first kappa shape index (κ1) is 16.5. The number of fused-ring (bicyclic) bond motifs is 1. The Morgan fingerprint density at radius 2 is 1.67 bits per heavy atom. The summed E-state index contributed by atoms with van der Waals surface area (Å²) in [7, 11) is -3.96. The molecule has 3 rings (SSSR count). The molecule has 3 aromatic rings. The van der Waals surface area contributed by atoms with Gasteiger partial charge in [-0.2, -0.15) is 8.42 Å². The molecule has 5 heteroatoms. The Labute approximate surface area is 142 Å². The molecule has 0 fully saturated rings. The standard InChI is InChI=1S/C19H19NO3S/c1-19(2,3)17-13-15(12-14-8-4-5-9-16(14)17)23-24(21,22)18-10-6-7-11-20-18/h4-13H,1-3H3. The first-order valence-electron chi connectivity index (χ1n) is 7.66. The van der Waals surface area contributed by atoms with E-state index in [4.69, 9.17) is 4.18 Å². The maximum atomic E-state index is 12.4. The topological polar surface area (TPSA) is 56.3 Å². The lowest BCUT2D eigenvalue weighted by molar-refractivity contribution is 0.481. The van der Waals surface area contributed by atoms with E-state index in [0.717, 1.165) is 16.3 Å². The quantitative estimate of drug-likeness (QED) is 0.667. The van der Waals surface area contributed by atoms with Crippen LogP contribution < -0.4 is 4.18 Å². The minimum Gasteiger partial charge on any atom is -0.378 e. The van der Waals surface area contributed by atoms with Crippen LogP contribution >= 0.6 is 0 Å². The molecule has 0 saturated heterocycles. The van der Waals surface area contributed by atoms with E-state index < -0.39 is 10.1 Å². The van der Waals surface area contributed by atoms with E-state index in [1.54, 1.807) is 24.3 Å². The van der Waals surface area contributed by atoms with E-state index in [1.165, 1.54) is 12.3 Å². The van der Waals surface area contributed by atoms with Crippen LogP contribution in [0.25, 0.3) is 10.8 Å². The Hall–Kier alpha value is -2.40. The second-order valence-electron chi connectivity index (χ2n) is 6.65. The highest BCUT2D eigenvalue weighted by atomic mass is 32.2. The molecule has 4 nitrogen and oxygen atoms in total. The summed E-state index contributed by atoms with van der Waals surface area (Å²) in [5.74, 6) is 0.296. The third kappa shape index (κ3) is 3.26. The van der Waals surface area contributed by atoms with Gasteiger partial charge in [0.2, 0.25) is 0 Å². The van der Waals surface area contributed by atoms with Crippen molar-refractivity contribution in [2.75, 3.05) is 0 Å². The zero-order chi connectivity index (χ0) is 17.4. The van der Waals surface area contributed by atoms with Crippen LogP contribution in [0.1, 0.15) is 26.3 Å². The predicted octanol–water partition coefficient (Wildman–Crippen LogP) is 4.30. The zero-order valence-electron chi connectivity index (χ0n) is 13.9. The molecule has 24 heavy (non-hydrogen) atoms. The van der Waals surface area contributed by atoms with Crippen LogP contribution in [0.5, 0.6) is 5.75 Å². The van der Waals surface area contributed by atoms with E-state index in [0.29, 0.717) is 5.75 Å². The number of pyridine rings is 1. The van der Waals surface area contributed by atoms with Crippen molar-refractivity contribution in [3.63, 3.8) is 0 Å². The van der Waals surface area contributed by atoms with Crippen molar-refractivity contribution >= 4 is 20.9 Å². The molecule has 0 saturated carbocycles. The average Bonchev–Trinajstić information content (AvgIpc) is 2.54. The summed E-state index contributed by atoms with van der Waals surface area (Å²) in [5, 5.41) is 1.93. The molecular formula is C19H19NO3S. The van der Waals surface area contributed by atoms with Gasteiger partial charge in [0.1, 0.15) is 5.75 Å². The van der Waals surface area contributed by atoms with E-state index in [1.807, 2.05) is 24.3 Å². The fourth-order valence-corrected chi connectivity index (χ4v) is 3.49. The van der Waals surface area contributed by atoms with E-state index >= 15 is 0 Å². The summed E-state index contributed by atoms with van der Waals surface area (Å²) < 4.78 is 30.2. The van der Waals surface area contributed by atoms with Crippen molar-refractivity contribution in [3.05, 3.63) is 66.4 Å². The Bertz CT molecular complexity index is 974. The Morgan fingerprint density at radius 3 is 2.33 bits per heavy atom. The predicted molar refractivity (Wildman–Crippen MR) is 94.7 cm³/mol. The van der Waals surface area contributed by atoms with Gasteiger partial charge in [-0.3, -0.25) is 0 Å². The normalized spacial score (nSPS) is 12.3. The third-order valence-corrected chi connectivity index (χ3v) is 4.91. The molecule has 0 aliphatic rings. The fourth-order valence-electron chi connectivity index (χ4n) is 2.62. The van der Waals surface area contributed by atoms with Crippen molar-refractivity contribution in [2.24, 2.45) is 0 Å². The summed E-state index contributed by atoms with van der Waals surface area (Å²) in [6, 6.07) is 16.1. The first-order chi connectivity index (χ1) is 11.3. The molecule has 1 aromatic heterocycles. The molecular weight excluding hydrogens is 322 g/mol. The van der Waals surface area contributed by atoms with Crippen LogP contribution in [0.15, 0.2) is 65.8 Å². The van der Waals surface area contributed by atoms with Crippen LogP contribution in [0, 0.1) is 0 Å². The molecule has 0 spiro atoms. The molecule has 0 N–H and O–H groups in total. The Balaban J connectivity index is 2.11. The van der Waals surface area contributed by atoms with E-state index in [2.05, 4.69) is 25.8 Å². The van der Waals surface area contributed by atoms with E-state index in [9.17, 15) is 8.42 Å². The molecule has 0 atom stereocenters. The summed E-state index contributed by atoms with van der Waals surface area (Å²) in [6.07, 6.45) is 1.43. The smallest absolute Gasteiger partial charge is 0.356 e. The number of hydrogen-bond acceptors (Lipinski definition) is 4. The van der Waals surface area contributed by atoms with Gasteiger partial charge in [0, 0.05) is 6.20 Å². The van der Waals surface area contributed by atoms with Crippen LogP contribution in [0.4, 0.5) is 0 Å². The lowest BCUT2D eigenvalue weighted by Gasteiger charge is -2.22. The molecule has 0 amide bonds. The van der Waals surface area contributed by atoms with Gasteiger partial charge < -0.3 is 4.18 Å². The van der Waals surface area contributed by atoms with Crippen molar-refractivity contribution in [1.82, 2.24) is 4.98 Å². The zero-order valence-corrected chi connectivity index (χ0v) is 14.7. The molecule has 1 heterocycles. The lowest BCUT2D eigenvalue weighted by atomic mass is 9.83. The number of hydrogen-bond donors (Lipinski definition) is 0. The van der Waals surface area contributed by atoms with Crippen LogP contribution in [0.2, 0.25) is 0 Å². The van der Waals surface area contributed by atoms with Gasteiger partial charge in [-0.1, -0.05) is 51.1 Å². The maximum Gasteiger partial charge on any atom is 0.356 e. The van der Waals surface area contributed by atoms with Crippen LogP contribution in [-0.4, -0.2) is 13.4 Å². The Morgan fingerprint density at radius 1 is 0.958 bits per heavy atom. The fraction of sp³-hybridized carbons (Fsp3) is 0.211. The summed E-state index contributed by atoms with van der Waals surface area (Å²) in [5.41, 5.74) is 0.889. The maximum absolute atomic E-state index is 12.4. The molecule has 0 unspecified atom stereocenters. The first-order valence-corrected chi connectivity index (χ1v) is 9.07. The second-order valence-corrected chi connectivity index (χ2v) is 8.14. The number of nitrogens with zero attached hydrogens (tertiary/aromatic N) is 1. The van der Waals surface area contributed by atoms with Gasteiger partial charge in [-0.05, 0) is 46.0 Å². The number of aromatic nitrogens is 1. The number of rotatable bonds is 3. The van der Waals surface area contributed by atoms with Crippen molar-refractivity contribution in [1.29, 1.82) is 0 Å². The lowest BCUT2D eigenvalue weighted by Crippen LogP contribution is -2.14. The third-order valence-electron chi connectivity index (χ3n) is 3.74. The molecule has 0 aliphatic carbocycles. The molecule has 0 aliphatic heterocycles. The highest BCUT2D eigenvalue weighted by molar-refractivity contribution is 7.87.